The maximum absolute atomic E-state index is 13.4. The standard InChI is InChI=1S/C12H14FN3O4/c13-10-7-8(1-2-9(10)11(17)18)14-12(19)15-16-3-5-20-6-4-16/h1-2,7H,3-6H2,(H,17,18)(H2,14,15,19). The largest absolute Gasteiger partial charge is 0.478 e. The van der Waals surface area contributed by atoms with Crippen molar-refractivity contribution in [3.63, 3.8) is 0 Å². The third kappa shape index (κ3) is 3.65. The molecule has 1 aromatic rings. The van der Waals surface area contributed by atoms with Gasteiger partial charge in [0.05, 0.1) is 18.8 Å². The van der Waals surface area contributed by atoms with Crippen LogP contribution in [-0.2, 0) is 4.74 Å². The highest BCUT2D eigenvalue weighted by molar-refractivity contribution is 5.91. The molecule has 0 spiro atoms. The zero-order valence-electron chi connectivity index (χ0n) is 10.6. The van der Waals surface area contributed by atoms with E-state index in [9.17, 15) is 14.0 Å². The van der Waals surface area contributed by atoms with Gasteiger partial charge >= 0.3 is 12.0 Å². The Hall–Kier alpha value is -2.19. The first-order valence-electron chi connectivity index (χ1n) is 5.99. The van der Waals surface area contributed by atoms with E-state index in [2.05, 4.69) is 10.7 Å². The first kappa shape index (κ1) is 14.2. The maximum Gasteiger partial charge on any atom is 0.338 e. The summed E-state index contributed by atoms with van der Waals surface area (Å²) >= 11 is 0. The van der Waals surface area contributed by atoms with Crippen LogP contribution >= 0.6 is 0 Å². The van der Waals surface area contributed by atoms with Gasteiger partial charge in [0.25, 0.3) is 0 Å². The van der Waals surface area contributed by atoms with E-state index in [0.717, 1.165) is 12.1 Å². The molecule has 1 aliphatic rings. The lowest BCUT2D eigenvalue weighted by Gasteiger charge is -2.26. The molecular formula is C12H14FN3O4. The van der Waals surface area contributed by atoms with Crippen LogP contribution in [0.3, 0.4) is 0 Å². The number of carbonyl (C=O) groups excluding carboxylic acids is 1. The molecule has 0 aliphatic carbocycles. The Morgan fingerprint density at radius 3 is 2.60 bits per heavy atom. The number of hydrogen-bond acceptors (Lipinski definition) is 4. The van der Waals surface area contributed by atoms with Gasteiger partial charge in [0.15, 0.2) is 0 Å². The van der Waals surface area contributed by atoms with Gasteiger partial charge in [0, 0.05) is 18.8 Å². The Morgan fingerprint density at radius 1 is 1.30 bits per heavy atom. The number of carboxylic acid groups (broad SMARTS) is 1. The van der Waals surface area contributed by atoms with Crippen LogP contribution in [0.1, 0.15) is 10.4 Å². The SMILES string of the molecule is O=C(Nc1ccc(C(=O)O)c(F)c1)NN1CCOCC1. The summed E-state index contributed by atoms with van der Waals surface area (Å²) in [4.78, 5) is 22.3. The topological polar surface area (TPSA) is 90.9 Å². The predicted molar refractivity (Wildman–Crippen MR) is 67.9 cm³/mol. The summed E-state index contributed by atoms with van der Waals surface area (Å²) in [6.45, 7) is 2.20. The van der Waals surface area contributed by atoms with Crippen molar-refractivity contribution < 1.29 is 23.8 Å². The monoisotopic (exact) mass is 283 g/mol. The highest BCUT2D eigenvalue weighted by Crippen LogP contribution is 2.14. The smallest absolute Gasteiger partial charge is 0.338 e. The number of carboxylic acids is 1. The van der Waals surface area contributed by atoms with Crippen molar-refractivity contribution in [3.8, 4) is 0 Å². The fourth-order valence-electron chi connectivity index (χ4n) is 1.74. The number of rotatable bonds is 3. The highest BCUT2D eigenvalue weighted by atomic mass is 19.1. The molecule has 0 aromatic heterocycles. The number of nitrogens with one attached hydrogen (secondary N) is 2. The van der Waals surface area contributed by atoms with Gasteiger partial charge in [-0.2, -0.15) is 0 Å². The Labute approximate surface area is 114 Å². The molecule has 0 saturated carbocycles. The molecule has 3 N–H and O–H groups in total. The molecule has 1 aromatic carbocycles. The zero-order chi connectivity index (χ0) is 14.5. The molecule has 1 saturated heterocycles. The average Bonchev–Trinajstić information content (AvgIpc) is 2.39. The molecule has 0 bridgehead atoms. The van der Waals surface area contributed by atoms with Crippen LogP contribution in [0.5, 0.6) is 0 Å². The van der Waals surface area contributed by atoms with Gasteiger partial charge in [-0.25, -0.2) is 19.0 Å². The zero-order valence-corrected chi connectivity index (χ0v) is 10.6. The summed E-state index contributed by atoms with van der Waals surface area (Å²) in [5.74, 6) is -2.26. The number of morpholine rings is 1. The minimum Gasteiger partial charge on any atom is -0.478 e. The number of carbonyl (C=O) groups is 2. The number of benzene rings is 1. The molecule has 0 radical (unpaired) electrons. The lowest BCUT2D eigenvalue weighted by atomic mass is 10.2. The second-order valence-electron chi connectivity index (χ2n) is 4.17. The van der Waals surface area contributed by atoms with E-state index in [1.54, 1.807) is 5.01 Å². The molecule has 2 amide bonds. The van der Waals surface area contributed by atoms with E-state index in [1.807, 2.05) is 0 Å². The first-order chi connectivity index (χ1) is 9.56. The number of halogens is 1. The normalized spacial score (nSPS) is 15.7. The van der Waals surface area contributed by atoms with Crippen LogP contribution in [0.15, 0.2) is 18.2 Å². The summed E-state index contributed by atoms with van der Waals surface area (Å²) in [6, 6.07) is 2.87. The van der Waals surface area contributed by atoms with Crippen molar-refractivity contribution >= 4 is 17.7 Å². The minimum atomic E-state index is -1.35. The molecule has 1 fully saturated rings. The van der Waals surface area contributed by atoms with Crippen molar-refractivity contribution in [2.24, 2.45) is 0 Å². The molecule has 20 heavy (non-hydrogen) atoms. The van der Waals surface area contributed by atoms with Gasteiger partial charge in [0.2, 0.25) is 0 Å². The number of nitrogens with zero attached hydrogens (tertiary/aromatic N) is 1. The van der Waals surface area contributed by atoms with E-state index < -0.39 is 23.4 Å². The average molecular weight is 283 g/mol. The number of aromatic carboxylic acids is 1. The van der Waals surface area contributed by atoms with Gasteiger partial charge < -0.3 is 15.2 Å². The number of amides is 2. The third-order valence-corrected chi connectivity index (χ3v) is 2.73. The van der Waals surface area contributed by atoms with Gasteiger partial charge in [-0.05, 0) is 18.2 Å². The van der Waals surface area contributed by atoms with Crippen LogP contribution in [0.25, 0.3) is 0 Å². The van der Waals surface area contributed by atoms with Crippen molar-refractivity contribution in [3.05, 3.63) is 29.6 Å². The molecule has 0 atom stereocenters. The molecule has 0 unspecified atom stereocenters. The summed E-state index contributed by atoms with van der Waals surface area (Å²) in [6.07, 6.45) is 0. The first-order valence-corrected chi connectivity index (χ1v) is 5.99. The quantitative estimate of drug-likeness (QED) is 0.766. The van der Waals surface area contributed by atoms with Crippen LogP contribution < -0.4 is 10.7 Å². The van der Waals surface area contributed by atoms with Gasteiger partial charge in [0.1, 0.15) is 5.82 Å². The van der Waals surface area contributed by atoms with Gasteiger partial charge in [-0.3, -0.25) is 5.43 Å². The van der Waals surface area contributed by atoms with Crippen LogP contribution in [-0.4, -0.2) is 48.4 Å². The van der Waals surface area contributed by atoms with E-state index in [4.69, 9.17) is 9.84 Å². The van der Waals surface area contributed by atoms with Crippen LogP contribution in [0.4, 0.5) is 14.9 Å². The fourth-order valence-corrected chi connectivity index (χ4v) is 1.74. The molecule has 7 nitrogen and oxygen atoms in total. The Kier molecular flexibility index (Phi) is 4.49. The predicted octanol–water partition coefficient (Wildman–Crippen LogP) is 0.893. The summed E-state index contributed by atoms with van der Waals surface area (Å²) in [5, 5.41) is 12.8. The minimum absolute atomic E-state index is 0.179. The molecule has 1 heterocycles. The molecule has 108 valence electrons. The lowest BCUT2D eigenvalue weighted by molar-refractivity contribution is 0.0207. The lowest BCUT2D eigenvalue weighted by Crippen LogP contribution is -2.49. The second-order valence-corrected chi connectivity index (χ2v) is 4.17. The van der Waals surface area contributed by atoms with Gasteiger partial charge in [-0.1, -0.05) is 0 Å². The van der Waals surface area contributed by atoms with E-state index >= 15 is 0 Å². The highest BCUT2D eigenvalue weighted by Gasteiger charge is 2.14. The van der Waals surface area contributed by atoms with E-state index in [-0.39, 0.29) is 5.69 Å². The number of hydrogen-bond donors (Lipinski definition) is 3. The fraction of sp³-hybridized carbons (Fsp3) is 0.333. The molecule has 8 heteroatoms. The van der Waals surface area contributed by atoms with Crippen molar-refractivity contribution in [2.45, 2.75) is 0 Å². The van der Waals surface area contributed by atoms with E-state index in [0.29, 0.717) is 26.3 Å². The number of anilines is 1. The Morgan fingerprint density at radius 2 is 2.00 bits per heavy atom. The van der Waals surface area contributed by atoms with Crippen molar-refractivity contribution in [2.75, 3.05) is 31.6 Å². The van der Waals surface area contributed by atoms with E-state index in [1.165, 1.54) is 6.07 Å². The summed E-state index contributed by atoms with van der Waals surface area (Å²) in [5.41, 5.74) is 2.33. The third-order valence-electron chi connectivity index (χ3n) is 2.73. The second kappa shape index (κ2) is 6.31. The van der Waals surface area contributed by atoms with Crippen molar-refractivity contribution in [1.29, 1.82) is 0 Å². The van der Waals surface area contributed by atoms with Crippen LogP contribution in [0.2, 0.25) is 0 Å². The maximum atomic E-state index is 13.4. The number of ether oxygens (including phenoxy) is 1. The number of hydrazine groups is 1. The molecule has 2 rings (SSSR count). The molecule has 1 aliphatic heterocycles. The summed E-state index contributed by atoms with van der Waals surface area (Å²) < 4.78 is 18.6. The Balaban J connectivity index is 1.93. The molecular weight excluding hydrogens is 269 g/mol. The van der Waals surface area contributed by atoms with Crippen LogP contribution in [0, 0.1) is 5.82 Å². The number of urea groups is 1. The van der Waals surface area contributed by atoms with Crippen molar-refractivity contribution in [1.82, 2.24) is 10.4 Å². The van der Waals surface area contributed by atoms with Gasteiger partial charge in [-0.15, -0.1) is 0 Å². The summed E-state index contributed by atoms with van der Waals surface area (Å²) in [7, 11) is 0. The Bertz CT molecular complexity index is 517.